The van der Waals surface area contributed by atoms with Crippen LogP contribution in [0.1, 0.15) is 23.6 Å². The molecule has 1 amide bonds. The first-order valence-corrected chi connectivity index (χ1v) is 8.25. The minimum absolute atomic E-state index is 0. The third kappa shape index (κ3) is 7.10. The van der Waals surface area contributed by atoms with E-state index < -0.39 is 24.0 Å². The molecule has 2 rings (SSSR count). The SMILES string of the molecule is C[C@H](NC(=O)[C@H](N)Cc1ccc(C#N)cc1)C(=O)OCc1ccccc1.Cl. The Morgan fingerprint density at radius 3 is 2.33 bits per heavy atom. The highest BCUT2D eigenvalue weighted by atomic mass is 35.5. The summed E-state index contributed by atoms with van der Waals surface area (Å²) < 4.78 is 5.19. The third-order valence-corrected chi connectivity index (χ3v) is 3.81. The number of ether oxygens (including phenoxy) is 1. The van der Waals surface area contributed by atoms with Gasteiger partial charge in [-0.1, -0.05) is 42.5 Å². The van der Waals surface area contributed by atoms with Crippen LogP contribution in [0, 0.1) is 11.3 Å². The van der Waals surface area contributed by atoms with Gasteiger partial charge in [-0.15, -0.1) is 12.4 Å². The lowest BCUT2D eigenvalue weighted by Gasteiger charge is -2.17. The Balaban J connectivity index is 0.00000364. The highest BCUT2D eigenvalue weighted by molar-refractivity contribution is 5.87. The molecule has 3 N–H and O–H groups in total. The normalized spacial score (nSPS) is 12.0. The van der Waals surface area contributed by atoms with Crippen LogP contribution >= 0.6 is 12.4 Å². The summed E-state index contributed by atoms with van der Waals surface area (Å²) in [6, 6.07) is 16.6. The van der Waals surface area contributed by atoms with Gasteiger partial charge in [0, 0.05) is 0 Å². The van der Waals surface area contributed by atoms with E-state index in [1.807, 2.05) is 36.4 Å². The van der Waals surface area contributed by atoms with Gasteiger partial charge in [0.15, 0.2) is 0 Å². The standard InChI is InChI=1S/C20H21N3O3.ClH/c1-14(20(25)26-13-17-5-3-2-4-6-17)23-19(24)18(22)11-15-7-9-16(12-21)10-8-15;/h2-10,14,18H,11,13,22H2,1H3,(H,23,24);1H/t14-,18+;/m0./s1. The maximum atomic E-state index is 12.2. The second kappa shape index (κ2) is 11.0. The number of hydrogen-bond donors (Lipinski definition) is 2. The summed E-state index contributed by atoms with van der Waals surface area (Å²) in [4.78, 5) is 24.2. The molecule has 6 nitrogen and oxygen atoms in total. The Hall–Kier alpha value is -2.88. The minimum atomic E-state index is -0.799. The largest absolute Gasteiger partial charge is 0.459 e. The summed E-state index contributed by atoms with van der Waals surface area (Å²) in [6.07, 6.45) is 0.309. The van der Waals surface area contributed by atoms with Crippen LogP contribution in [-0.2, 0) is 27.4 Å². The molecule has 0 saturated carbocycles. The van der Waals surface area contributed by atoms with Crippen LogP contribution in [0.15, 0.2) is 54.6 Å². The summed E-state index contributed by atoms with van der Waals surface area (Å²) in [5.41, 5.74) is 8.16. The van der Waals surface area contributed by atoms with Gasteiger partial charge in [-0.3, -0.25) is 4.79 Å². The first kappa shape index (κ1) is 22.2. The lowest BCUT2D eigenvalue weighted by molar-refractivity contribution is -0.148. The van der Waals surface area contributed by atoms with Crippen molar-refractivity contribution in [3.63, 3.8) is 0 Å². The van der Waals surface area contributed by atoms with Gasteiger partial charge in [0.1, 0.15) is 12.6 Å². The highest BCUT2D eigenvalue weighted by Crippen LogP contribution is 2.06. The van der Waals surface area contributed by atoms with E-state index in [2.05, 4.69) is 5.32 Å². The van der Waals surface area contributed by atoms with E-state index in [-0.39, 0.29) is 19.0 Å². The molecule has 0 saturated heterocycles. The molecule has 0 radical (unpaired) electrons. The molecule has 27 heavy (non-hydrogen) atoms. The molecule has 0 aliphatic heterocycles. The second-order valence-electron chi connectivity index (χ2n) is 5.94. The van der Waals surface area contributed by atoms with Gasteiger partial charge in [-0.2, -0.15) is 5.26 Å². The average Bonchev–Trinajstić information content (AvgIpc) is 2.67. The van der Waals surface area contributed by atoms with Gasteiger partial charge < -0.3 is 15.8 Å². The van der Waals surface area contributed by atoms with Crippen LogP contribution in [-0.4, -0.2) is 24.0 Å². The van der Waals surface area contributed by atoms with E-state index in [4.69, 9.17) is 15.7 Å². The van der Waals surface area contributed by atoms with Gasteiger partial charge in [0.25, 0.3) is 0 Å². The summed E-state index contributed by atoms with van der Waals surface area (Å²) in [5, 5.41) is 11.4. The van der Waals surface area contributed by atoms with Crippen LogP contribution in [0.2, 0.25) is 0 Å². The van der Waals surface area contributed by atoms with E-state index in [0.29, 0.717) is 12.0 Å². The molecule has 0 spiro atoms. The predicted molar refractivity (Wildman–Crippen MR) is 104 cm³/mol. The van der Waals surface area contributed by atoms with Crippen LogP contribution in [0.3, 0.4) is 0 Å². The zero-order valence-corrected chi connectivity index (χ0v) is 15.7. The molecule has 0 unspecified atom stereocenters. The van der Waals surface area contributed by atoms with Crippen molar-refractivity contribution < 1.29 is 14.3 Å². The maximum Gasteiger partial charge on any atom is 0.328 e. The fourth-order valence-electron chi connectivity index (χ4n) is 2.30. The summed E-state index contributed by atoms with van der Waals surface area (Å²) in [6.45, 7) is 1.71. The zero-order valence-electron chi connectivity index (χ0n) is 14.9. The molecule has 2 aromatic carbocycles. The van der Waals surface area contributed by atoms with Crippen molar-refractivity contribution in [3.8, 4) is 6.07 Å². The Bertz CT molecular complexity index is 788. The quantitative estimate of drug-likeness (QED) is 0.708. The van der Waals surface area contributed by atoms with E-state index in [9.17, 15) is 9.59 Å². The van der Waals surface area contributed by atoms with Gasteiger partial charge in [0.2, 0.25) is 5.91 Å². The topological polar surface area (TPSA) is 105 Å². The fourth-order valence-corrected chi connectivity index (χ4v) is 2.30. The van der Waals surface area contributed by atoms with Crippen molar-refractivity contribution in [1.82, 2.24) is 5.32 Å². The summed E-state index contributed by atoms with van der Waals surface area (Å²) in [5.74, 6) is -0.953. The summed E-state index contributed by atoms with van der Waals surface area (Å²) >= 11 is 0. The van der Waals surface area contributed by atoms with E-state index in [1.165, 1.54) is 0 Å². The van der Waals surface area contributed by atoms with Crippen LogP contribution in [0.4, 0.5) is 0 Å². The monoisotopic (exact) mass is 387 g/mol. The molecule has 0 bridgehead atoms. The van der Waals surface area contributed by atoms with Gasteiger partial charge >= 0.3 is 5.97 Å². The molecule has 2 aromatic rings. The Kier molecular flexibility index (Phi) is 9.00. The number of nitrogens with two attached hydrogens (primary N) is 1. The predicted octanol–water partition coefficient (Wildman–Crippen LogP) is 2.10. The Labute approximate surface area is 164 Å². The smallest absolute Gasteiger partial charge is 0.328 e. The first-order chi connectivity index (χ1) is 12.5. The number of carbonyl (C=O) groups excluding carboxylic acids is 2. The van der Waals surface area contributed by atoms with Crippen molar-refractivity contribution in [2.75, 3.05) is 0 Å². The van der Waals surface area contributed by atoms with E-state index in [1.54, 1.807) is 31.2 Å². The molecule has 142 valence electrons. The lowest BCUT2D eigenvalue weighted by atomic mass is 10.0. The van der Waals surface area contributed by atoms with Crippen LogP contribution in [0.25, 0.3) is 0 Å². The number of carbonyl (C=O) groups is 2. The van der Waals surface area contributed by atoms with Gasteiger partial charge in [-0.25, -0.2) is 4.79 Å². The van der Waals surface area contributed by atoms with Crippen molar-refractivity contribution in [1.29, 1.82) is 5.26 Å². The molecule has 0 aliphatic rings. The fraction of sp³-hybridized carbons (Fsp3) is 0.250. The molecular formula is C20H22ClN3O3. The summed E-state index contributed by atoms with van der Waals surface area (Å²) in [7, 11) is 0. The Morgan fingerprint density at radius 1 is 1.11 bits per heavy atom. The second-order valence-corrected chi connectivity index (χ2v) is 5.94. The number of benzene rings is 2. The molecule has 0 fully saturated rings. The number of nitriles is 1. The number of nitrogens with one attached hydrogen (secondary N) is 1. The molecule has 2 atom stereocenters. The number of amides is 1. The lowest BCUT2D eigenvalue weighted by Crippen LogP contribution is -2.48. The van der Waals surface area contributed by atoms with Crippen molar-refractivity contribution in [3.05, 3.63) is 71.3 Å². The van der Waals surface area contributed by atoms with Gasteiger partial charge in [0.05, 0.1) is 17.7 Å². The first-order valence-electron chi connectivity index (χ1n) is 8.25. The molecule has 0 heterocycles. The number of hydrogen-bond acceptors (Lipinski definition) is 5. The molecule has 0 aliphatic carbocycles. The maximum absolute atomic E-state index is 12.2. The average molecular weight is 388 g/mol. The number of nitrogens with zero attached hydrogens (tertiary/aromatic N) is 1. The highest BCUT2D eigenvalue weighted by Gasteiger charge is 2.21. The Morgan fingerprint density at radius 2 is 1.74 bits per heavy atom. The number of halogens is 1. The minimum Gasteiger partial charge on any atom is -0.459 e. The third-order valence-electron chi connectivity index (χ3n) is 3.81. The number of esters is 1. The van der Waals surface area contributed by atoms with Crippen molar-refractivity contribution in [2.45, 2.75) is 32.0 Å². The zero-order chi connectivity index (χ0) is 18.9. The van der Waals surface area contributed by atoms with Crippen LogP contribution < -0.4 is 11.1 Å². The van der Waals surface area contributed by atoms with E-state index >= 15 is 0 Å². The number of rotatable bonds is 7. The van der Waals surface area contributed by atoms with Crippen LogP contribution in [0.5, 0.6) is 0 Å². The molecule has 7 heteroatoms. The van der Waals surface area contributed by atoms with Crippen molar-refractivity contribution >= 4 is 24.3 Å². The molecular weight excluding hydrogens is 366 g/mol. The molecule has 0 aromatic heterocycles. The van der Waals surface area contributed by atoms with Crippen molar-refractivity contribution in [2.24, 2.45) is 5.73 Å². The van der Waals surface area contributed by atoms with E-state index in [0.717, 1.165) is 11.1 Å². The van der Waals surface area contributed by atoms with Gasteiger partial charge in [-0.05, 0) is 36.6 Å².